The number of hydrogen-bond acceptors (Lipinski definition) is 3. The van der Waals surface area contributed by atoms with E-state index in [4.69, 9.17) is 4.74 Å². The second-order valence-electron chi connectivity index (χ2n) is 4.80. The standard InChI is InChI=1S/C15H18N2O2/c1-10(2)13-9-15(18)17-14(16-13)8-11-5-4-6-12(7-11)19-3/h4-7,9-10H,8H2,1-3H3,(H,16,17,18). The van der Waals surface area contributed by atoms with E-state index in [1.807, 2.05) is 38.1 Å². The van der Waals surface area contributed by atoms with Crippen LogP contribution in [0.3, 0.4) is 0 Å². The molecule has 2 aromatic rings. The molecule has 4 heteroatoms. The van der Waals surface area contributed by atoms with Gasteiger partial charge in [-0.15, -0.1) is 0 Å². The Balaban J connectivity index is 2.29. The monoisotopic (exact) mass is 258 g/mol. The molecule has 0 unspecified atom stereocenters. The Kier molecular flexibility index (Phi) is 4.00. The number of aromatic nitrogens is 2. The first-order chi connectivity index (χ1) is 9.08. The molecule has 19 heavy (non-hydrogen) atoms. The summed E-state index contributed by atoms with van der Waals surface area (Å²) in [7, 11) is 1.64. The molecule has 0 radical (unpaired) electrons. The Morgan fingerprint density at radius 2 is 2.11 bits per heavy atom. The zero-order chi connectivity index (χ0) is 13.8. The van der Waals surface area contributed by atoms with Crippen LogP contribution in [0.1, 0.15) is 36.8 Å². The Morgan fingerprint density at radius 1 is 1.32 bits per heavy atom. The summed E-state index contributed by atoms with van der Waals surface area (Å²) in [5.41, 5.74) is 1.78. The van der Waals surface area contributed by atoms with Crippen molar-refractivity contribution in [2.45, 2.75) is 26.2 Å². The summed E-state index contributed by atoms with van der Waals surface area (Å²) in [4.78, 5) is 18.9. The zero-order valence-electron chi connectivity index (χ0n) is 11.4. The van der Waals surface area contributed by atoms with Gasteiger partial charge in [0.15, 0.2) is 0 Å². The topological polar surface area (TPSA) is 55.0 Å². The fourth-order valence-electron chi connectivity index (χ4n) is 1.88. The van der Waals surface area contributed by atoms with Crippen molar-refractivity contribution in [2.75, 3.05) is 7.11 Å². The van der Waals surface area contributed by atoms with Crippen molar-refractivity contribution in [3.8, 4) is 5.75 Å². The molecule has 4 nitrogen and oxygen atoms in total. The van der Waals surface area contributed by atoms with Gasteiger partial charge >= 0.3 is 0 Å². The molecule has 0 spiro atoms. The van der Waals surface area contributed by atoms with Gasteiger partial charge in [-0.3, -0.25) is 4.79 Å². The molecule has 1 N–H and O–H groups in total. The van der Waals surface area contributed by atoms with Gasteiger partial charge in [-0.2, -0.15) is 0 Å². The third-order valence-electron chi connectivity index (χ3n) is 2.91. The number of aromatic amines is 1. The number of hydrogen-bond donors (Lipinski definition) is 1. The minimum Gasteiger partial charge on any atom is -0.497 e. The molecule has 0 fully saturated rings. The van der Waals surface area contributed by atoms with Crippen molar-refractivity contribution in [1.82, 2.24) is 9.97 Å². The van der Waals surface area contributed by atoms with E-state index in [-0.39, 0.29) is 11.5 Å². The summed E-state index contributed by atoms with van der Waals surface area (Å²) in [6.45, 7) is 4.05. The highest BCUT2D eigenvalue weighted by molar-refractivity contribution is 5.30. The van der Waals surface area contributed by atoms with E-state index in [2.05, 4.69) is 9.97 Å². The van der Waals surface area contributed by atoms with Crippen molar-refractivity contribution in [3.63, 3.8) is 0 Å². The van der Waals surface area contributed by atoms with E-state index in [1.54, 1.807) is 13.2 Å². The molecular weight excluding hydrogens is 240 g/mol. The molecular formula is C15H18N2O2. The molecule has 2 rings (SSSR count). The Labute approximate surface area is 112 Å². The van der Waals surface area contributed by atoms with Crippen LogP contribution in [0.15, 0.2) is 35.1 Å². The lowest BCUT2D eigenvalue weighted by Crippen LogP contribution is -2.13. The van der Waals surface area contributed by atoms with Gasteiger partial charge in [0.1, 0.15) is 11.6 Å². The largest absolute Gasteiger partial charge is 0.497 e. The van der Waals surface area contributed by atoms with Crippen molar-refractivity contribution in [1.29, 1.82) is 0 Å². The van der Waals surface area contributed by atoms with Gasteiger partial charge in [-0.05, 0) is 23.6 Å². The van der Waals surface area contributed by atoms with Crippen LogP contribution in [0.2, 0.25) is 0 Å². The molecule has 0 amide bonds. The molecule has 0 saturated carbocycles. The number of nitrogens with one attached hydrogen (secondary N) is 1. The number of ether oxygens (including phenoxy) is 1. The van der Waals surface area contributed by atoms with E-state index in [9.17, 15) is 4.79 Å². The van der Waals surface area contributed by atoms with Gasteiger partial charge in [0.05, 0.1) is 12.8 Å². The van der Waals surface area contributed by atoms with E-state index in [1.165, 1.54) is 0 Å². The van der Waals surface area contributed by atoms with Crippen LogP contribution in [-0.2, 0) is 6.42 Å². The van der Waals surface area contributed by atoms with Gasteiger partial charge in [-0.1, -0.05) is 26.0 Å². The van der Waals surface area contributed by atoms with Gasteiger partial charge in [0.25, 0.3) is 5.56 Å². The molecule has 0 aliphatic carbocycles. The van der Waals surface area contributed by atoms with Crippen LogP contribution in [0.25, 0.3) is 0 Å². The van der Waals surface area contributed by atoms with E-state index < -0.39 is 0 Å². The lowest BCUT2D eigenvalue weighted by atomic mass is 10.1. The number of H-pyrrole nitrogens is 1. The molecule has 0 atom stereocenters. The Bertz CT molecular complexity index is 618. The summed E-state index contributed by atoms with van der Waals surface area (Å²) in [6, 6.07) is 9.31. The molecule has 0 aliphatic rings. The SMILES string of the molecule is COc1cccc(Cc2nc(C(C)C)cc(=O)[nH]2)c1. The predicted octanol–water partition coefficient (Wildman–Crippen LogP) is 2.49. The first-order valence-electron chi connectivity index (χ1n) is 6.31. The van der Waals surface area contributed by atoms with Crippen LogP contribution >= 0.6 is 0 Å². The zero-order valence-corrected chi connectivity index (χ0v) is 11.4. The molecule has 1 aromatic carbocycles. The fraction of sp³-hybridized carbons (Fsp3) is 0.333. The van der Waals surface area contributed by atoms with Crippen LogP contribution in [0, 0.1) is 0 Å². The normalized spacial score (nSPS) is 10.7. The predicted molar refractivity (Wildman–Crippen MR) is 74.7 cm³/mol. The second kappa shape index (κ2) is 5.69. The Hall–Kier alpha value is -2.10. The third kappa shape index (κ3) is 3.44. The van der Waals surface area contributed by atoms with Gasteiger partial charge in [-0.25, -0.2) is 4.98 Å². The number of rotatable bonds is 4. The van der Waals surface area contributed by atoms with E-state index >= 15 is 0 Å². The first kappa shape index (κ1) is 13.3. The number of benzene rings is 1. The second-order valence-corrected chi connectivity index (χ2v) is 4.80. The van der Waals surface area contributed by atoms with Crippen LogP contribution < -0.4 is 10.3 Å². The summed E-state index contributed by atoms with van der Waals surface area (Å²) in [6.07, 6.45) is 0.590. The van der Waals surface area contributed by atoms with Crippen molar-refractivity contribution < 1.29 is 4.74 Å². The van der Waals surface area contributed by atoms with Crippen molar-refractivity contribution in [3.05, 3.63) is 57.8 Å². The quantitative estimate of drug-likeness (QED) is 0.916. The minimum absolute atomic E-state index is 0.100. The maximum atomic E-state index is 11.6. The summed E-state index contributed by atoms with van der Waals surface area (Å²) in [5.74, 6) is 1.73. The van der Waals surface area contributed by atoms with E-state index in [0.717, 1.165) is 17.0 Å². The van der Waals surface area contributed by atoms with Gasteiger partial charge in [0.2, 0.25) is 0 Å². The smallest absolute Gasteiger partial charge is 0.251 e. The maximum absolute atomic E-state index is 11.6. The molecule has 0 aliphatic heterocycles. The van der Waals surface area contributed by atoms with Crippen LogP contribution in [0.5, 0.6) is 5.75 Å². The molecule has 0 saturated heterocycles. The third-order valence-corrected chi connectivity index (χ3v) is 2.91. The van der Waals surface area contributed by atoms with Gasteiger partial charge < -0.3 is 9.72 Å². The highest BCUT2D eigenvalue weighted by Gasteiger charge is 2.06. The highest BCUT2D eigenvalue weighted by Crippen LogP contribution is 2.15. The highest BCUT2D eigenvalue weighted by atomic mass is 16.5. The molecule has 1 heterocycles. The molecule has 0 bridgehead atoms. The van der Waals surface area contributed by atoms with Crippen LogP contribution in [0.4, 0.5) is 0 Å². The average Bonchev–Trinajstić information content (AvgIpc) is 2.38. The van der Waals surface area contributed by atoms with E-state index in [0.29, 0.717) is 12.2 Å². The molecule has 100 valence electrons. The van der Waals surface area contributed by atoms with Crippen molar-refractivity contribution >= 4 is 0 Å². The lowest BCUT2D eigenvalue weighted by Gasteiger charge is -2.07. The number of nitrogens with zero attached hydrogens (tertiary/aromatic N) is 1. The minimum atomic E-state index is -0.100. The summed E-state index contributed by atoms with van der Waals surface area (Å²) >= 11 is 0. The van der Waals surface area contributed by atoms with Gasteiger partial charge in [0, 0.05) is 12.5 Å². The molecule has 1 aromatic heterocycles. The Morgan fingerprint density at radius 3 is 2.79 bits per heavy atom. The fourth-order valence-corrected chi connectivity index (χ4v) is 1.88. The summed E-state index contributed by atoms with van der Waals surface area (Å²) in [5, 5.41) is 0. The van der Waals surface area contributed by atoms with Crippen LogP contribution in [-0.4, -0.2) is 17.1 Å². The maximum Gasteiger partial charge on any atom is 0.251 e. The summed E-state index contributed by atoms with van der Waals surface area (Å²) < 4.78 is 5.19. The average molecular weight is 258 g/mol. The lowest BCUT2D eigenvalue weighted by molar-refractivity contribution is 0.414. The first-order valence-corrected chi connectivity index (χ1v) is 6.31. The van der Waals surface area contributed by atoms with Crippen molar-refractivity contribution in [2.24, 2.45) is 0 Å². The number of methoxy groups -OCH3 is 1.